The lowest BCUT2D eigenvalue weighted by molar-refractivity contribution is 0.137. The Morgan fingerprint density at radius 2 is 1.33 bits per heavy atom. The fourth-order valence-corrected chi connectivity index (χ4v) is 0. The molecule has 0 fully saturated rings. The molecule has 0 aromatic carbocycles. The third-order valence-corrected chi connectivity index (χ3v) is 0. The van der Waals surface area contributed by atoms with Crippen molar-refractivity contribution in [2.75, 3.05) is 6.26 Å². The van der Waals surface area contributed by atoms with E-state index in [0.29, 0.717) is 6.26 Å². The van der Waals surface area contributed by atoms with Crippen molar-refractivity contribution in [2.45, 2.75) is 0 Å². The van der Waals surface area contributed by atoms with Crippen molar-refractivity contribution in [2.24, 2.45) is 0 Å². The Bertz CT molecular complexity index is 153. The van der Waals surface area contributed by atoms with Crippen LogP contribution in [0, 0.1) is 0 Å². The summed E-state index contributed by atoms with van der Waals surface area (Å²) in [6, 6.07) is 0. The molecule has 0 rings (SSSR count). The molecule has 0 aliphatic heterocycles. The minimum atomic E-state index is -3.67. The molecule has 0 aliphatic rings. The molecule has 0 amide bonds. The molecular weight excluding hydrogens is 152 g/mol. The van der Waals surface area contributed by atoms with Crippen LogP contribution in [0.1, 0.15) is 0 Å². The second-order valence-electron chi connectivity index (χ2n) is 1.02. The van der Waals surface area contributed by atoms with Crippen LogP contribution in [0.4, 0.5) is 4.79 Å². The summed E-state index contributed by atoms with van der Waals surface area (Å²) in [5, 5.41) is 13.9. The first-order valence-electron chi connectivity index (χ1n) is 1.58. The van der Waals surface area contributed by atoms with Gasteiger partial charge in [-0.3, -0.25) is 4.55 Å². The van der Waals surface area contributed by atoms with Gasteiger partial charge >= 0.3 is 6.16 Å². The maximum absolute atomic E-state index is 9.19. The van der Waals surface area contributed by atoms with Crippen LogP contribution in [-0.4, -0.2) is 35.6 Å². The fraction of sp³-hybridized carbons (Fsp3) is 0.500. The van der Waals surface area contributed by atoms with Gasteiger partial charge in [0.05, 0.1) is 6.26 Å². The molecule has 0 radical (unpaired) electrons. The molecule has 0 aromatic heterocycles. The lowest BCUT2D eigenvalue weighted by Gasteiger charge is -1.69. The van der Waals surface area contributed by atoms with E-state index in [2.05, 4.69) is 0 Å². The van der Waals surface area contributed by atoms with Crippen LogP contribution < -0.4 is 0 Å². The standard InChI is InChI=1S/CH4O3S.CH2O3/c1-5(2,3)4;2-1(3)4/h1H3,(H,2,3,4);(H2,2,3,4). The van der Waals surface area contributed by atoms with E-state index in [4.69, 9.17) is 19.6 Å². The molecule has 0 saturated carbocycles. The highest BCUT2D eigenvalue weighted by Crippen LogP contribution is 1.60. The molecule has 0 aliphatic carbocycles. The van der Waals surface area contributed by atoms with Gasteiger partial charge in [0.1, 0.15) is 0 Å². The monoisotopic (exact) mass is 158 g/mol. The average Bonchev–Trinajstić information content (AvgIpc) is 1.19. The van der Waals surface area contributed by atoms with Gasteiger partial charge in [-0.05, 0) is 0 Å². The van der Waals surface area contributed by atoms with E-state index in [0.717, 1.165) is 0 Å². The van der Waals surface area contributed by atoms with E-state index in [1.54, 1.807) is 0 Å². The zero-order valence-corrected chi connectivity index (χ0v) is 5.29. The Hall–Kier alpha value is -0.820. The maximum atomic E-state index is 9.19. The van der Waals surface area contributed by atoms with E-state index < -0.39 is 16.3 Å². The van der Waals surface area contributed by atoms with E-state index in [1.807, 2.05) is 0 Å². The number of carboxylic acid groups (broad SMARTS) is 2. The van der Waals surface area contributed by atoms with Crippen LogP contribution in [0.25, 0.3) is 0 Å². The van der Waals surface area contributed by atoms with Gasteiger partial charge in [-0.15, -0.1) is 0 Å². The van der Waals surface area contributed by atoms with Gasteiger partial charge in [0.2, 0.25) is 0 Å². The average molecular weight is 158 g/mol. The molecule has 0 spiro atoms. The van der Waals surface area contributed by atoms with Crippen LogP contribution in [0.3, 0.4) is 0 Å². The van der Waals surface area contributed by atoms with Gasteiger partial charge in [-0.25, -0.2) is 4.79 Å². The van der Waals surface area contributed by atoms with E-state index in [9.17, 15) is 8.42 Å². The topological polar surface area (TPSA) is 112 Å². The molecule has 0 aromatic rings. The van der Waals surface area contributed by atoms with Crippen molar-refractivity contribution in [1.29, 1.82) is 0 Å². The quantitative estimate of drug-likeness (QED) is 0.418. The fourth-order valence-electron chi connectivity index (χ4n) is 0. The highest BCUT2D eigenvalue weighted by molar-refractivity contribution is 7.85. The smallest absolute Gasteiger partial charge is 0.450 e. The summed E-state index contributed by atoms with van der Waals surface area (Å²) in [5.41, 5.74) is 0. The summed E-state index contributed by atoms with van der Waals surface area (Å²) in [6.07, 6.45) is -1.12. The van der Waals surface area contributed by atoms with Crippen molar-refractivity contribution in [3.8, 4) is 0 Å². The van der Waals surface area contributed by atoms with E-state index in [1.165, 1.54) is 0 Å². The second kappa shape index (κ2) is 4.10. The number of hydrogen-bond acceptors (Lipinski definition) is 3. The summed E-state index contributed by atoms with van der Waals surface area (Å²) in [6.45, 7) is 0. The number of rotatable bonds is 0. The number of hydrogen-bond donors (Lipinski definition) is 3. The molecule has 56 valence electrons. The molecule has 0 bridgehead atoms. The van der Waals surface area contributed by atoms with Gasteiger partial charge < -0.3 is 10.2 Å². The normalized spacial score (nSPS) is 9.11. The third-order valence-electron chi connectivity index (χ3n) is 0. The molecule has 0 atom stereocenters. The molecule has 0 unspecified atom stereocenters. The molecular formula is C2H6O6S. The summed E-state index contributed by atoms with van der Waals surface area (Å²) in [4.78, 5) is 8.56. The van der Waals surface area contributed by atoms with Crippen LogP contribution in [-0.2, 0) is 10.1 Å². The van der Waals surface area contributed by atoms with Crippen molar-refractivity contribution >= 4 is 16.3 Å². The van der Waals surface area contributed by atoms with Crippen molar-refractivity contribution in [3.05, 3.63) is 0 Å². The van der Waals surface area contributed by atoms with Crippen molar-refractivity contribution in [3.63, 3.8) is 0 Å². The summed E-state index contributed by atoms with van der Waals surface area (Å²) in [5.74, 6) is 0. The van der Waals surface area contributed by atoms with Gasteiger partial charge in [-0.1, -0.05) is 0 Å². The lowest BCUT2D eigenvalue weighted by atomic mass is 11.5. The van der Waals surface area contributed by atoms with Crippen LogP contribution in [0.2, 0.25) is 0 Å². The predicted octanol–water partition coefficient (Wildman–Crippen LogP) is -0.274. The summed E-state index contributed by atoms with van der Waals surface area (Å²) in [7, 11) is -3.67. The Balaban J connectivity index is 0. The van der Waals surface area contributed by atoms with Crippen molar-refractivity contribution < 1.29 is 28.0 Å². The first-order chi connectivity index (χ1) is 3.73. The van der Waals surface area contributed by atoms with Crippen LogP contribution >= 0.6 is 0 Å². The van der Waals surface area contributed by atoms with Gasteiger partial charge in [0, 0.05) is 0 Å². The largest absolute Gasteiger partial charge is 0.503 e. The molecule has 0 saturated heterocycles. The highest BCUT2D eigenvalue weighted by Gasteiger charge is 1.81. The van der Waals surface area contributed by atoms with Crippen molar-refractivity contribution in [1.82, 2.24) is 0 Å². The predicted molar refractivity (Wildman–Crippen MR) is 28.1 cm³/mol. The molecule has 6 nitrogen and oxygen atoms in total. The zero-order valence-electron chi connectivity index (χ0n) is 4.47. The summed E-state index contributed by atoms with van der Waals surface area (Å²) < 4.78 is 25.9. The Morgan fingerprint density at radius 3 is 1.33 bits per heavy atom. The first kappa shape index (κ1) is 11.0. The second-order valence-corrected chi connectivity index (χ2v) is 2.48. The SMILES string of the molecule is CS(=O)(=O)O.O=C(O)O. The minimum Gasteiger partial charge on any atom is -0.450 e. The number of carbonyl (C=O) groups is 1. The maximum Gasteiger partial charge on any atom is 0.503 e. The molecule has 9 heavy (non-hydrogen) atoms. The third kappa shape index (κ3) is 287. The lowest BCUT2D eigenvalue weighted by Crippen LogP contribution is -1.88. The minimum absolute atomic E-state index is 0.715. The highest BCUT2D eigenvalue weighted by atomic mass is 32.2. The van der Waals surface area contributed by atoms with E-state index in [-0.39, 0.29) is 0 Å². The van der Waals surface area contributed by atoms with Crippen LogP contribution in [0.5, 0.6) is 0 Å². The Kier molecular flexibility index (Phi) is 5.03. The molecule has 7 heteroatoms. The van der Waals surface area contributed by atoms with Crippen LogP contribution in [0.15, 0.2) is 0 Å². The van der Waals surface area contributed by atoms with Gasteiger partial charge in [0.25, 0.3) is 10.1 Å². The zero-order chi connectivity index (χ0) is 8.08. The van der Waals surface area contributed by atoms with E-state index >= 15 is 0 Å². The Labute approximate surface area is 51.5 Å². The van der Waals surface area contributed by atoms with Gasteiger partial charge in [-0.2, -0.15) is 8.42 Å². The van der Waals surface area contributed by atoms with Gasteiger partial charge in [0.15, 0.2) is 0 Å². The molecule has 3 N–H and O–H groups in total. The first-order valence-corrected chi connectivity index (χ1v) is 3.42. The molecule has 0 heterocycles. The Morgan fingerprint density at radius 1 is 1.33 bits per heavy atom. The summed E-state index contributed by atoms with van der Waals surface area (Å²) >= 11 is 0.